The first-order chi connectivity index (χ1) is 23.0. The molecule has 1 fully saturated rings. The second kappa shape index (κ2) is 16.4. The maximum Gasteiger partial charge on any atom is 0.264 e. The van der Waals surface area contributed by atoms with Gasteiger partial charge in [-0.2, -0.15) is 0 Å². The molecule has 48 heavy (non-hydrogen) atoms. The molecule has 5 rings (SSSR count). The van der Waals surface area contributed by atoms with Gasteiger partial charge in [-0.3, -0.25) is 13.9 Å². The second-order valence-electron chi connectivity index (χ2n) is 11.8. The molecule has 12 heteroatoms. The average Bonchev–Trinajstić information content (AvgIpc) is 3.07. The highest BCUT2D eigenvalue weighted by Crippen LogP contribution is 2.29. The van der Waals surface area contributed by atoms with Gasteiger partial charge in [0.1, 0.15) is 12.6 Å². The molecule has 0 saturated heterocycles. The molecule has 0 bridgehead atoms. The van der Waals surface area contributed by atoms with Gasteiger partial charge in [-0.25, -0.2) is 8.42 Å². The number of hydrogen-bond acceptors (Lipinski definition) is 4. The highest BCUT2D eigenvalue weighted by atomic mass is 35.5. The summed E-state index contributed by atoms with van der Waals surface area (Å²) >= 11 is 25.2. The fraction of sp³-hybridized carbons (Fsp3) is 0.278. The Morgan fingerprint density at radius 1 is 0.771 bits per heavy atom. The van der Waals surface area contributed by atoms with Crippen LogP contribution in [0.5, 0.6) is 0 Å². The van der Waals surface area contributed by atoms with Crippen molar-refractivity contribution < 1.29 is 18.0 Å². The highest BCUT2D eigenvalue weighted by molar-refractivity contribution is 7.92. The first-order valence-electron chi connectivity index (χ1n) is 15.6. The van der Waals surface area contributed by atoms with Gasteiger partial charge in [-0.1, -0.05) is 108 Å². The minimum atomic E-state index is -4.31. The first-order valence-corrected chi connectivity index (χ1v) is 18.6. The van der Waals surface area contributed by atoms with Crippen molar-refractivity contribution in [3.05, 3.63) is 128 Å². The van der Waals surface area contributed by atoms with Crippen molar-refractivity contribution in [2.24, 2.45) is 0 Å². The maximum absolute atomic E-state index is 14.7. The zero-order valence-corrected chi connectivity index (χ0v) is 29.8. The van der Waals surface area contributed by atoms with Crippen molar-refractivity contribution in [3.8, 4) is 0 Å². The smallest absolute Gasteiger partial charge is 0.264 e. The zero-order chi connectivity index (χ0) is 34.3. The molecule has 2 amide bonds. The summed E-state index contributed by atoms with van der Waals surface area (Å²) in [5.74, 6) is -0.933. The molecule has 0 aromatic heterocycles. The van der Waals surface area contributed by atoms with Crippen LogP contribution in [0.4, 0.5) is 5.69 Å². The lowest BCUT2D eigenvalue weighted by molar-refractivity contribution is -0.140. The summed E-state index contributed by atoms with van der Waals surface area (Å²) in [6.07, 6.45) is 5.02. The van der Waals surface area contributed by atoms with Gasteiger partial charge in [-0.05, 0) is 78.6 Å². The van der Waals surface area contributed by atoms with Gasteiger partial charge in [0.25, 0.3) is 10.0 Å². The number of nitrogens with zero attached hydrogens (tertiary/aromatic N) is 2. The molecule has 0 heterocycles. The van der Waals surface area contributed by atoms with E-state index in [1.54, 1.807) is 36.4 Å². The van der Waals surface area contributed by atoms with Crippen molar-refractivity contribution in [2.75, 3.05) is 10.8 Å². The minimum Gasteiger partial charge on any atom is -0.352 e. The number of carbonyl (C=O) groups is 2. The standard InChI is InChI=1S/C36H35Cl4N3O4S/c37-27-16-18-32(19-17-27)48(46,47)43(31-13-7-10-28(38)21-31)24-35(44)42(23-26-14-15-29(39)22-33(26)40)34(20-25-8-3-1-4-9-25)36(45)41-30-11-5-2-6-12-30/h1,3-4,7-10,13-19,21-22,30,34H,2,5-6,11-12,20,23-24H2,(H,41,45)/t34-/m0/s1. The molecule has 7 nitrogen and oxygen atoms in total. The molecule has 252 valence electrons. The lowest BCUT2D eigenvalue weighted by Gasteiger charge is -2.35. The predicted molar refractivity (Wildman–Crippen MR) is 193 cm³/mol. The van der Waals surface area contributed by atoms with Crippen LogP contribution in [0.2, 0.25) is 20.1 Å². The van der Waals surface area contributed by atoms with Gasteiger partial charge in [0.05, 0.1) is 10.6 Å². The second-order valence-corrected chi connectivity index (χ2v) is 15.3. The molecule has 0 aliphatic heterocycles. The Bertz CT molecular complexity index is 1840. The Morgan fingerprint density at radius 3 is 2.10 bits per heavy atom. The summed E-state index contributed by atoms with van der Waals surface area (Å²) in [5, 5.41) is 4.56. The van der Waals surface area contributed by atoms with E-state index in [0.29, 0.717) is 20.6 Å². The van der Waals surface area contributed by atoms with E-state index in [-0.39, 0.29) is 40.5 Å². The summed E-state index contributed by atoms with van der Waals surface area (Å²) < 4.78 is 29.3. The first kappa shape index (κ1) is 36.0. The SMILES string of the molecule is O=C(NC1CCCCC1)[C@H](Cc1ccccc1)N(Cc1ccc(Cl)cc1Cl)C(=O)CN(c1cccc(Cl)c1)S(=O)(=O)c1ccc(Cl)cc1. The number of amides is 2. The Balaban J connectivity index is 1.58. The van der Waals surface area contributed by atoms with E-state index in [4.69, 9.17) is 46.4 Å². The molecular weight excluding hydrogens is 712 g/mol. The molecule has 4 aromatic carbocycles. The lowest BCUT2D eigenvalue weighted by Crippen LogP contribution is -2.55. The van der Waals surface area contributed by atoms with Gasteiger partial charge < -0.3 is 10.2 Å². The fourth-order valence-corrected chi connectivity index (χ4v) is 8.01. The number of hydrogen-bond donors (Lipinski definition) is 1. The quantitative estimate of drug-likeness (QED) is 0.157. The maximum atomic E-state index is 14.7. The van der Waals surface area contributed by atoms with Crippen LogP contribution in [0, 0.1) is 0 Å². The predicted octanol–water partition coefficient (Wildman–Crippen LogP) is 8.58. The van der Waals surface area contributed by atoms with Gasteiger partial charge in [-0.15, -0.1) is 0 Å². The van der Waals surface area contributed by atoms with E-state index in [2.05, 4.69) is 5.32 Å². The number of nitrogens with one attached hydrogen (secondary N) is 1. The average molecular weight is 748 g/mol. The molecule has 1 saturated carbocycles. The van der Waals surface area contributed by atoms with Crippen LogP contribution in [0.1, 0.15) is 43.2 Å². The van der Waals surface area contributed by atoms with E-state index in [1.165, 1.54) is 35.2 Å². The molecular formula is C36H35Cl4N3O4S. The third-order valence-electron chi connectivity index (χ3n) is 8.36. The van der Waals surface area contributed by atoms with Crippen LogP contribution >= 0.6 is 46.4 Å². The molecule has 1 atom stereocenters. The summed E-state index contributed by atoms with van der Waals surface area (Å²) in [6, 6.07) is 25.2. The normalized spacial score (nSPS) is 14.2. The molecule has 0 radical (unpaired) electrons. The number of halogens is 4. The Labute approximate surface area is 301 Å². The van der Waals surface area contributed by atoms with Crippen molar-refractivity contribution >= 4 is 73.9 Å². The van der Waals surface area contributed by atoms with E-state index < -0.39 is 28.5 Å². The van der Waals surface area contributed by atoms with E-state index in [1.807, 2.05) is 30.3 Å². The van der Waals surface area contributed by atoms with Crippen LogP contribution < -0.4 is 9.62 Å². The Morgan fingerprint density at radius 2 is 1.44 bits per heavy atom. The molecule has 1 N–H and O–H groups in total. The monoisotopic (exact) mass is 745 g/mol. The third-order valence-corrected chi connectivity index (χ3v) is 11.2. The van der Waals surface area contributed by atoms with Crippen LogP contribution in [0.25, 0.3) is 0 Å². The summed E-state index contributed by atoms with van der Waals surface area (Å²) in [5.41, 5.74) is 1.57. The molecule has 1 aliphatic carbocycles. The van der Waals surface area contributed by atoms with Crippen LogP contribution in [-0.4, -0.2) is 43.8 Å². The molecule has 0 spiro atoms. The summed E-state index contributed by atoms with van der Waals surface area (Å²) in [4.78, 5) is 30.2. The van der Waals surface area contributed by atoms with Gasteiger partial charge in [0.2, 0.25) is 11.8 Å². The number of carbonyl (C=O) groups excluding carboxylic acids is 2. The van der Waals surface area contributed by atoms with Gasteiger partial charge in [0, 0.05) is 39.1 Å². The van der Waals surface area contributed by atoms with Gasteiger partial charge >= 0.3 is 0 Å². The van der Waals surface area contributed by atoms with Crippen LogP contribution in [0.15, 0.2) is 102 Å². The topological polar surface area (TPSA) is 86.8 Å². The van der Waals surface area contributed by atoms with Crippen LogP contribution in [0.3, 0.4) is 0 Å². The number of anilines is 1. The zero-order valence-electron chi connectivity index (χ0n) is 26.0. The van der Waals surface area contributed by atoms with Crippen LogP contribution in [-0.2, 0) is 32.6 Å². The van der Waals surface area contributed by atoms with Crippen molar-refractivity contribution in [1.82, 2.24) is 10.2 Å². The summed E-state index contributed by atoms with van der Waals surface area (Å²) in [6.45, 7) is -0.701. The highest BCUT2D eigenvalue weighted by Gasteiger charge is 2.35. The number of sulfonamides is 1. The van der Waals surface area contributed by atoms with Crippen molar-refractivity contribution in [3.63, 3.8) is 0 Å². The fourth-order valence-electron chi connectivity index (χ4n) is 5.83. The van der Waals surface area contributed by atoms with E-state index in [0.717, 1.165) is 42.0 Å². The number of benzene rings is 4. The lowest BCUT2D eigenvalue weighted by atomic mass is 9.94. The summed E-state index contributed by atoms with van der Waals surface area (Å²) in [7, 11) is -4.31. The largest absolute Gasteiger partial charge is 0.352 e. The minimum absolute atomic E-state index is 0.0196. The molecule has 0 unspecified atom stereocenters. The molecule has 1 aliphatic rings. The van der Waals surface area contributed by atoms with Crippen molar-refractivity contribution in [1.29, 1.82) is 0 Å². The Hall–Kier alpha value is -3.27. The van der Waals surface area contributed by atoms with Gasteiger partial charge in [0.15, 0.2) is 0 Å². The Kier molecular flexibility index (Phi) is 12.3. The molecule has 4 aromatic rings. The van der Waals surface area contributed by atoms with Crippen molar-refractivity contribution in [2.45, 2.75) is 62.0 Å². The van der Waals surface area contributed by atoms with E-state index in [9.17, 15) is 18.0 Å². The van der Waals surface area contributed by atoms with E-state index >= 15 is 0 Å². The third kappa shape index (κ3) is 9.24. The number of rotatable bonds is 12.